The number of rotatable bonds is 8. The molecule has 3 aromatic rings. The van der Waals surface area contributed by atoms with Crippen molar-refractivity contribution in [3.8, 4) is 0 Å². The first-order valence-corrected chi connectivity index (χ1v) is 14.1. The van der Waals surface area contributed by atoms with Crippen molar-refractivity contribution in [3.63, 3.8) is 0 Å². The van der Waals surface area contributed by atoms with Crippen molar-refractivity contribution in [1.29, 1.82) is 0 Å². The number of carbonyl (C=O) groups is 2. The van der Waals surface area contributed by atoms with Gasteiger partial charge < -0.3 is 10.2 Å². The van der Waals surface area contributed by atoms with Crippen LogP contribution < -0.4 is 9.62 Å². The smallest absolute Gasteiger partial charge is 0.265 e. The highest BCUT2D eigenvalue weighted by Gasteiger charge is 2.35. The molecule has 0 bridgehead atoms. The van der Waals surface area contributed by atoms with Crippen LogP contribution in [-0.2, 0) is 26.2 Å². The molecule has 1 aliphatic heterocycles. The van der Waals surface area contributed by atoms with E-state index in [2.05, 4.69) is 5.32 Å². The fraction of sp³-hybridized carbons (Fsp3) is 0.357. The summed E-state index contributed by atoms with van der Waals surface area (Å²) in [5, 5.41) is 5.02. The fourth-order valence-corrected chi connectivity index (χ4v) is 6.53. The summed E-state index contributed by atoms with van der Waals surface area (Å²) in [6.07, 6.45) is 0.380. The first kappa shape index (κ1) is 26.9. The van der Waals surface area contributed by atoms with Crippen LogP contribution in [0, 0.1) is 0 Å². The number of nitrogens with zero attached hydrogens (tertiary/aromatic N) is 2. The molecule has 4 rings (SSSR count). The summed E-state index contributed by atoms with van der Waals surface area (Å²) in [5.41, 5.74) is 0.911. The van der Waals surface area contributed by atoms with Gasteiger partial charge in [0.1, 0.15) is 6.04 Å². The molecule has 37 heavy (non-hydrogen) atoms. The standard InChI is InChI=1S/C28H32ClN3O4S/c1-19(27(34)30-28(2,3)4)31(18-21-10-5-6-13-22(21)29)25(33)16-9-17-32-23-14-7-11-20-12-8-15-24(26(20)23)37(32,35)36/h5-8,10-15,19H,9,16-18H2,1-4H3,(H,30,34). The molecule has 3 aromatic carbocycles. The van der Waals surface area contributed by atoms with Gasteiger partial charge in [0.15, 0.2) is 0 Å². The minimum Gasteiger partial charge on any atom is -0.350 e. The molecule has 196 valence electrons. The summed E-state index contributed by atoms with van der Waals surface area (Å²) >= 11 is 6.36. The zero-order valence-corrected chi connectivity index (χ0v) is 23.1. The third kappa shape index (κ3) is 5.60. The number of benzene rings is 3. The van der Waals surface area contributed by atoms with E-state index in [1.165, 1.54) is 9.21 Å². The Morgan fingerprint density at radius 3 is 2.38 bits per heavy atom. The van der Waals surface area contributed by atoms with Gasteiger partial charge in [0.25, 0.3) is 10.0 Å². The number of anilines is 1. The lowest BCUT2D eigenvalue weighted by Crippen LogP contribution is -2.52. The molecule has 0 aromatic heterocycles. The maximum Gasteiger partial charge on any atom is 0.265 e. The average Bonchev–Trinajstić information content (AvgIpc) is 3.05. The predicted molar refractivity (Wildman–Crippen MR) is 147 cm³/mol. The van der Waals surface area contributed by atoms with Gasteiger partial charge in [0, 0.05) is 35.5 Å². The monoisotopic (exact) mass is 541 g/mol. The van der Waals surface area contributed by atoms with E-state index in [4.69, 9.17) is 11.6 Å². The SMILES string of the molecule is CC(C(=O)NC(C)(C)C)N(Cc1ccccc1Cl)C(=O)CCCN1c2cccc3cccc(c23)S1(=O)=O. The van der Waals surface area contributed by atoms with E-state index in [1.807, 2.05) is 57.2 Å². The Bertz CT molecular complexity index is 1440. The van der Waals surface area contributed by atoms with Crippen LogP contribution in [0.15, 0.2) is 65.6 Å². The third-order valence-electron chi connectivity index (χ3n) is 6.40. The van der Waals surface area contributed by atoms with Crippen molar-refractivity contribution in [1.82, 2.24) is 10.2 Å². The summed E-state index contributed by atoms with van der Waals surface area (Å²) in [6.45, 7) is 7.67. The van der Waals surface area contributed by atoms with Crippen LogP contribution >= 0.6 is 11.6 Å². The molecule has 0 fully saturated rings. The summed E-state index contributed by atoms with van der Waals surface area (Å²) in [4.78, 5) is 28.2. The highest BCUT2D eigenvalue weighted by molar-refractivity contribution is 7.93. The van der Waals surface area contributed by atoms with E-state index in [0.29, 0.717) is 27.4 Å². The highest BCUT2D eigenvalue weighted by atomic mass is 35.5. The number of amides is 2. The molecule has 0 saturated carbocycles. The quantitative estimate of drug-likeness (QED) is 0.429. The topological polar surface area (TPSA) is 86.8 Å². The minimum atomic E-state index is -3.69. The molecule has 2 amide bonds. The van der Waals surface area contributed by atoms with Gasteiger partial charge in [-0.2, -0.15) is 0 Å². The number of hydrogen-bond acceptors (Lipinski definition) is 4. The third-order valence-corrected chi connectivity index (χ3v) is 8.62. The Morgan fingerprint density at radius 2 is 1.70 bits per heavy atom. The van der Waals surface area contributed by atoms with Gasteiger partial charge in [-0.25, -0.2) is 8.42 Å². The second-order valence-electron chi connectivity index (χ2n) is 10.3. The van der Waals surface area contributed by atoms with Gasteiger partial charge in [-0.05, 0) is 63.3 Å². The molecule has 1 heterocycles. The normalized spacial score (nSPS) is 15.0. The Balaban J connectivity index is 1.51. The van der Waals surface area contributed by atoms with Crippen LogP contribution in [0.2, 0.25) is 5.02 Å². The molecule has 0 aliphatic carbocycles. The number of carbonyl (C=O) groups excluding carboxylic acids is 2. The van der Waals surface area contributed by atoms with Gasteiger partial charge >= 0.3 is 0 Å². The number of halogens is 1. The van der Waals surface area contributed by atoms with Gasteiger partial charge in [-0.3, -0.25) is 13.9 Å². The second kappa shape index (κ2) is 10.3. The predicted octanol–water partition coefficient (Wildman–Crippen LogP) is 5.11. The van der Waals surface area contributed by atoms with Gasteiger partial charge in [0.2, 0.25) is 11.8 Å². The van der Waals surface area contributed by atoms with Crippen LogP contribution in [0.4, 0.5) is 5.69 Å². The first-order valence-electron chi connectivity index (χ1n) is 12.3. The molecule has 1 N–H and O–H groups in total. The van der Waals surface area contributed by atoms with Gasteiger partial charge in [0.05, 0.1) is 10.6 Å². The summed E-state index contributed by atoms with van der Waals surface area (Å²) in [6, 6.07) is 17.2. The zero-order valence-electron chi connectivity index (χ0n) is 21.5. The van der Waals surface area contributed by atoms with Crippen molar-refractivity contribution >= 4 is 49.9 Å². The van der Waals surface area contributed by atoms with Crippen molar-refractivity contribution in [2.45, 2.75) is 63.6 Å². The molecular weight excluding hydrogens is 510 g/mol. The second-order valence-corrected chi connectivity index (χ2v) is 12.6. The van der Waals surface area contributed by atoms with Crippen molar-refractivity contribution in [2.75, 3.05) is 10.8 Å². The molecule has 1 aliphatic rings. The fourth-order valence-electron chi connectivity index (χ4n) is 4.58. The Morgan fingerprint density at radius 1 is 1.03 bits per heavy atom. The molecular formula is C28H32ClN3O4S. The largest absolute Gasteiger partial charge is 0.350 e. The summed E-state index contributed by atoms with van der Waals surface area (Å²) in [7, 11) is -3.69. The van der Waals surface area contributed by atoms with E-state index >= 15 is 0 Å². The van der Waals surface area contributed by atoms with E-state index in [-0.39, 0.29) is 31.3 Å². The molecule has 0 radical (unpaired) electrons. The van der Waals surface area contributed by atoms with Crippen LogP contribution in [0.3, 0.4) is 0 Å². The molecule has 9 heteroatoms. The molecule has 0 spiro atoms. The van der Waals surface area contributed by atoms with Crippen molar-refractivity contribution in [3.05, 3.63) is 71.2 Å². The van der Waals surface area contributed by atoms with E-state index in [9.17, 15) is 18.0 Å². The molecule has 7 nitrogen and oxygen atoms in total. The lowest BCUT2D eigenvalue weighted by Gasteiger charge is -2.32. The van der Waals surface area contributed by atoms with Gasteiger partial charge in [-0.15, -0.1) is 0 Å². The maximum absolute atomic E-state index is 13.4. The highest BCUT2D eigenvalue weighted by Crippen LogP contribution is 2.42. The lowest BCUT2D eigenvalue weighted by atomic mass is 10.1. The molecule has 1 unspecified atom stereocenters. The van der Waals surface area contributed by atoms with Crippen molar-refractivity contribution < 1.29 is 18.0 Å². The number of hydrogen-bond donors (Lipinski definition) is 1. The average molecular weight is 542 g/mol. The Hall–Kier alpha value is -3.10. The number of sulfonamides is 1. The first-order chi connectivity index (χ1) is 17.4. The van der Waals surface area contributed by atoms with Crippen LogP contribution in [-0.4, -0.2) is 43.3 Å². The van der Waals surface area contributed by atoms with E-state index < -0.39 is 21.6 Å². The van der Waals surface area contributed by atoms with E-state index in [1.54, 1.807) is 31.2 Å². The lowest BCUT2D eigenvalue weighted by molar-refractivity contribution is -0.141. The number of nitrogens with one attached hydrogen (secondary N) is 1. The maximum atomic E-state index is 13.4. The van der Waals surface area contributed by atoms with Gasteiger partial charge in [-0.1, -0.05) is 54.1 Å². The molecule has 0 saturated heterocycles. The summed E-state index contributed by atoms with van der Waals surface area (Å²) in [5.74, 6) is -0.513. The Labute approximate surface area is 223 Å². The van der Waals surface area contributed by atoms with Crippen LogP contribution in [0.25, 0.3) is 10.8 Å². The van der Waals surface area contributed by atoms with Crippen LogP contribution in [0.5, 0.6) is 0 Å². The minimum absolute atomic E-state index is 0.0793. The zero-order chi connectivity index (χ0) is 27.0. The molecule has 1 atom stereocenters. The summed E-state index contributed by atoms with van der Waals surface area (Å²) < 4.78 is 27.9. The van der Waals surface area contributed by atoms with E-state index in [0.717, 1.165) is 10.9 Å². The van der Waals surface area contributed by atoms with Crippen LogP contribution in [0.1, 0.15) is 46.1 Å². The van der Waals surface area contributed by atoms with Crippen molar-refractivity contribution in [2.24, 2.45) is 0 Å². The Kier molecular flexibility index (Phi) is 7.53.